The molecular formula is C14H28N4. The van der Waals surface area contributed by atoms with E-state index in [1.807, 2.05) is 10.9 Å². The van der Waals surface area contributed by atoms with Crippen LogP contribution in [0, 0.1) is 0 Å². The van der Waals surface area contributed by atoms with Crippen molar-refractivity contribution in [2.75, 3.05) is 19.6 Å². The lowest BCUT2D eigenvalue weighted by Crippen LogP contribution is -2.34. The molecule has 0 spiro atoms. The van der Waals surface area contributed by atoms with E-state index in [4.69, 9.17) is 5.73 Å². The van der Waals surface area contributed by atoms with Crippen molar-refractivity contribution in [3.05, 3.63) is 18.0 Å². The third-order valence-electron chi connectivity index (χ3n) is 3.40. The lowest BCUT2D eigenvalue weighted by atomic mass is 10.1. The molecule has 0 fully saturated rings. The van der Waals surface area contributed by atoms with Gasteiger partial charge >= 0.3 is 0 Å². The second-order valence-electron chi connectivity index (χ2n) is 5.08. The molecule has 0 saturated heterocycles. The Morgan fingerprint density at radius 2 is 2.11 bits per heavy atom. The van der Waals surface area contributed by atoms with Crippen molar-refractivity contribution in [3.63, 3.8) is 0 Å². The number of nitrogens with zero attached hydrogens (tertiary/aromatic N) is 3. The maximum absolute atomic E-state index is 5.96. The molecule has 0 aliphatic carbocycles. The summed E-state index contributed by atoms with van der Waals surface area (Å²) in [7, 11) is 0. The lowest BCUT2D eigenvalue weighted by molar-refractivity contribution is 0.209. The van der Waals surface area contributed by atoms with Crippen molar-refractivity contribution in [2.45, 2.75) is 52.6 Å². The molecular weight excluding hydrogens is 224 g/mol. The molecule has 18 heavy (non-hydrogen) atoms. The molecule has 104 valence electrons. The normalized spacial score (nSPS) is 13.5. The van der Waals surface area contributed by atoms with Crippen LogP contribution in [0.15, 0.2) is 12.4 Å². The minimum Gasteiger partial charge on any atom is -0.329 e. The first-order chi connectivity index (χ1) is 8.63. The highest BCUT2D eigenvalue weighted by Gasteiger charge is 2.19. The Morgan fingerprint density at radius 1 is 1.39 bits per heavy atom. The summed E-state index contributed by atoms with van der Waals surface area (Å²) < 4.78 is 2.01. The van der Waals surface area contributed by atoms with E-state index < -0.39 is 0 Å². The van der Waals surface area contributed by atoms with Crippen LogP contribution >= 0.6 is 0 Å². The van der Waals surface area contributed by atoms with Gasteiger partial charge in [0.2, 0.25) is 0 Å². The summed E-state index contributed by atoms with van der Waals surface area (Å²) in [5, 5.41) is 4.42. The van der Waals surface area contributed by atoms with Gasteiger partial charge in [0.1, 0.15) is 0 Å². The Labute approximate surface area is 111 Å². The van der Waals surface area contributed by atoms with E-state index in [2.05, 4.69) is 43.9 Å². The number of hydrogen-bond acceptors (Lipinski definition) is 3. The predicted molar refractivity (Wildman–Crippen MR) is 76.6 cm³/mol. The molecule has 1 aromatic heterocycles. The number of hydrogen-bond donors (Lipinski definition) is 1. The zero-order valence-corrected chi connectivity index (χ0v) is 12.3. The van der Waals surface area contributed by atoms with E-state index >= 15 is 0 Å². The smallest absolute Gasteiger partial charge is 0.0538 e. The number of likely N-dealkylation sites (N-methyl/N-ethyl adjacent to an activating group) is 1. The number of aromatic nitrogens is 2. The SMILES string of the molecule is CCCCN(CC)C(CN)c1cnn(C(C)C)c1. The second kappa shape index (κ2) is 7.54. The van der Waals surface area contributed by atoms with Crippen molar-refractivity contribution in [1.82, 2.24) is 14.7 Å². The molecule has 0 radical (unpaired) electrons. The summed E-state index contributed by atoms with van der Waals surface area (Å²) in [6.45, 7) is 11.5. The van der Waals surface area contributed by atoms with Gasteiger partial charge in [-0.15, -0.1) is 0 Å². The minimum atomic E-state index is 0.300. The number of nitrogens with two attached hydrogens (primary N) is 1. The summed E-state index contributed by atoms with van der Waals surface area (Å²) >= 11 is 0. The van der Waals surface area contributed by atoms with Crippen LogP contribution in [-0.4, -0.2) is 34.3 Å². The van der Waals surface area contributed by atoms with E-state index in [0.29, 0.717) is 18.6 Å². The molecule has 2 N–H and O–H groups in total. The second-order valence-corrected chi connectivity index (χ2v) is 5.08. The summed E-state index contributed by atoms with van der Waals surface area (Å²) in [4.78, 5) is 2.45. The summed E-state index contributed by atoms with van der Waals surface area (Å²) in [6.07, 6.45) is 6.55. The minimum absolute atomic E-state index is 0.300. The largest absolute Gasteiger partial charge is 0.329 e. The topological polar surface area (TPSA) is 47.1 Å². The molecule has 1 aromatic rings. The molecule has 1 unspecified atom stereocenters. The van der Waals surface area contributed by atoms with Gasteiger partial charge < -0.3 is 5.73 Å². The van der Waals surface area contributed by atoms with E-state index in [0.717, 1.165) is 13.1 Å². The first-order valence-corrected chi connectivity index (χ1v) is 7.12. The van der Waals surface area contributed by atoms with Gasteiger partial charge in [-0.3, -0.25) is 9.58 Å². The predicted octanol–water partition coefficient (Wildman–Crippen LogP) is 2.59. The molecule has 0 aliphatic rings. The van der Waals surface area contributed by atoms with Crippen molar-refractivity contribution in [3.8, 4) is 0 Å². The van der Waals surface area contributed by atoms with Crippen LogP contribution in [0.1, 0.15) is 58.2 Å². The van der Waals surface area contributed by atoms with E-state index in [-0.39, 0.29) is 0 Å². The number of rotatable bonds is 8. The van der Waals surface area contributed by atoms with Crippen LogP contribution < -0.4 is 5.73 Å². The summed E-state index contributed by atoms with van der Waals surface area (Å²) in [5.74, 6) is 0. The summed E-state index contributed by atoms with van der Waals surface area (Å²) in [6, 6.07) is 0.706. The molecule has 0 bridgehead atoms. The highest BCUT2D eigenvalue weighted by Crippen LogP contribution is 2.20. The van der Waals surface area contributed by atoms with Gasteiger partial charge in [0.15, 0.2) is 0 Å². The Bertz CT molecular complexity index is 332. The molecule has 0 aliphatic heterocycles. The Kier molecular flexibility index (Phi) is 6.36. The Balaban J connectivity index is 2.78. The van der Waals surface area contributed by atoms with Crippen LogP contribution in [0.5, 0.6) is 0 Å². The Hall–Kier alpha value is -0.870. The fourth-order valence-electron chi connectivity index (χ4n) is 2.20. The van der Waals surface area contributed by atoms with Crippen LogP contribution in [0.3, 0.4) is 0 Å². The fourth-order valence-corrected chi connectivity index (χ4v) is 2.20. The van der Waals surface area contributed by atoms with Crippen molar-refractivity contribution in [1.29, 1.82) is 0 Å². The highest BCUT2D eigenvalue weighted by atomic mass is 15.3. The van der Waals surface area contributed by atoms with Gasteiger partial charge in [0.05, 0.1) is 12.2 Å². The van der Waals surface area contributed by atoms with Crippen LogP contribution in [-0.2, 0) is 0 Å². The van der Waals surface area contributed by atoms with Crippen LogP contribution in [0.4, 0.5) is 0 Å². The van der Waals surface area contributed by atoms with E-state index in [9.17, 15) is 0 Å². The van der Waals surface area contributed by atoms with Gasteiger partial charge in [-0.2, -0.15) is 5.10 Å². The fraction of sp³-hybridized carbons (Fsp3) is 0.786. The first-order valence-electron chi connectivity index (χ1n) is 7.12. The third kappa shape index (κ3) is 3.82. The van der Waals surface area contributed by atoms with E-state index in [1.54, 1.807) is 0 Å². The van der Waals surface area contributed by atoms with Gasteiger partial charge in [0, 0.05) is 24.3 Å². The van der Waals surface area contributed by atoms with Crippen LogP contribution in [0.2, 0.25) is 0 Å². The standard InChI is InChI=1S/C14H28N4/c1-5-7-8-17(6-2)14(9-15)13-10-16-18(11-13)12(3)4/h10-12,14H,5-9,15H2,1-4H3. The van der Waals surface area contributed by atoms with Gasteiger partial charge in [-0.1, -0.05) is 20.3 Å². The highest BCUT2D eigenvalue weighted by molar-refractivity contribution is 5.11. The van der Waals surface area contributed by atoms with Crippen molar-refractivity contribution in [2.24, 2.45) is 5.73 Å². The molecule has 4 nitrogen and oxygen atoms in total. The quantitative estimate of drug-likeness (QED) is 0.773. The Morgan fingerprint density at radius 3 is 2.56 bits per heavy atom. The molecule has 0 aromatic carbocycles. The monoisotopic (exact) mass is 252 g/mol. The maximum atomic E-state index is 5.96. The van der Waals surface area contributed by atoms with E-state index in [1.165, 1.54) is 18.4 Å². The lowest BCUT2D eigenvalue weighted by Gasteiger charge is -2.29. The number of unbranched alkanes of at least 4 members (excludes halogenated alkanes) is 1. The van der Waals surface area contributed by atoms with Gasteiger partial charge in [-0.25, -0.2) is 0 Å². The zero-order valence-electron chi connectivity index (χ0n) is 12.3. The van der Waals surface area contributed by atoms with Crippen molar-refractivity contribution < 1.29 is 0 Å². The first kappa shape index (κ1) is 15.2. The molecule has 1 heterocycles. The maximum Gasteiger partial charge on any atom is 0.0538 e. The van der Waals surface area contributed by atoms with Crippen molar-refractivity contribution >= 4 is 0 Å². The molecule has 1 atom stereocenters. The molecule has 0 amide bonds. The average Bonchev–Trinajstić information content (AvgIpc) is 2.83. The molecule has 0 saturated carbocycles. The van der Waals surface area contributed by atoms with Gasteiger partial charge in [0.25, 0.3) is 0 Å². The third-order valence-corrected chi connectivity index (χ3v) is 3.40. The zero-order chi connectivity index (χ0) is 13.5. The molecule has 1 rings (SSSR count). The summed E-state index contributed by atoms with van der Waals surface area (Å²) in [5.41, 5.74) is 7.20. The average molecular weight is 252 g/mol. The van der Waals surface area contributed by atoms with Crippen LogP contribution in [0.25, 0.3) is 0 Å². The van der Waals surface area contributed by atoms with Gasteiger partial charge in [-0.05, 0) is 33.4 Å². The molecule has 4 heteroatoms.